The van der Waals surface area contributed by atoms with Crippen LogP contribution in [0.1, 0.15) is 13.8 Å². The molecule has 1 aromatic rings. The third kappa shape index (κ3) is 2.88. The zero-order valence-corrected chi connectivity index (χ0v) is 9.27. The summed E-state index contributed by atoms with van der Waals surface area (Å²) in [7, 11) is 0. The van der Waals surface area contributed by atoms with Crippen LogP contribution in [-0.2, 0) is 0 Å². The number of para-hydroxylation sites is 2. The summed E-state index contributed by atoms with van der Waals surface area (Å²) in [6.45, 7) is 5.57. The zero-order valence-electron chi connectivity index (χ0n) is 9.27. The molecule has 0 aliphatic rings. The second-order valence-electron chi connectivity index (χ2n) is 3.63. The van der Waals surface area contributed by atoms with Crippen LogP contribution in [0, 0.1) is 17.2 Å². The molecular weight excluding hydrogens is 186 g/mol. The normalized spacial score (nSPS) is 11.8. The van der Waals surface area contributed by atoms with Crippen LogP contribution in [0.2, 0.25) is 0 Å². The molecule has 80 valence electrons. The molecule has 1 unspecified atom stereocenters. The first-order valence-electron chi connectivity index (χ1n) is 5.18. The van der Waals surface area contributed by atoms with Crippen LogP contribution in [0.5, 0.6) is 0 Å². The Morgan fingerprint density at radius 1 is 1.47 bits per heavy atom. The van der Waals surface area contributed by atoms with E-state index in [-0.39, 0.29) is 5.92 Å². The molecule has 1 rings (SSSR count). The molecule has 0 radical (unpaired) electrons. The van der Waals surface area contributed by atoms with Crippen molar-refractivity contribution in [2.45, 2.75) is 13.8 Å². The van der Waals surface area contributed by atoms with Crippen LogP contribution >= 0.6 is 0 Å². The monoisotopic (exact) mass is 203 g/mol. The summed E-state index contributed by atoms with van der Waals surface area (Å²) in [5.41, 5.74) is 7.67. The van der Waals surface area contributed by atoms with E-state index in [0.29, 0.717) is 0 Å². The molecular formula is C12H17N3. The lowest BCUT2D eigenvalue weighted by Gasteiger charge is -2.25. The van der Waals surface area contributed by atoms with Gasteiger partial charge in [-0.1, -0.05) is 12.1 Å². The number of nitrogens with two attached hydrogens (primary N) is 1. The quantitative estimate of drug-likeness (QED) is 0.764. The molecule has 2 N–H and O–H groups in total. The van der Waals surface area contributed by atoms with Gasteiger partial charge in [0.1, 0.15) is 0 Å². The Kier molecular flexibility index (Phi) is 3.99. The van der Waals surface area contributed by atoms with Gasteiger partial charge in [-0.05, 0) is 26.0 Å². The van der Waals surface area contributed by atoms with Gasteiger partial charge in [0.2, 0.25) is 0 Å². The Bertz CT molecular complexity index is 354. The zero-order chi connectivity index (χ0) is 11.3. The molecule has 0 aromatic heterocycles. The lowest BCUT2D eigenvalue weighted by molar-refractivity contribution is 0.687. The molecule has 0 aliphatic carbocycles. The second kappa shape index (κ2) is 5.26. The van der Waals surface area contributed by atoms with E-state index in [4.69, 9.17) is 11.0 Å². The summed E-state index contributed by atoms with van der Waals surface area (Å²) in [4.78, 5) is 2.13. The van der Waals surface area contributed by atoms with Gasteiger partial charge in [0, 0.05) is 13.1 Å². The van der Waals surface area contributed by atoms with E-state index >= 15 is 0 Å². The van der Waals surface area contributed by atoms with Crippen molar-refractivity contribution < 1.29 is 0 Å². The number of benzene rings is 1. The average Bonchev–Trinajstić information content (AvgIpc) is 2.26. The van der Waals surface area contributed by atoms with Crippen molar-refractivity contribution in [1.82, 2.24) is 0 Å². The minimum Gasteiger partial charge on any atom is -0.397 e. The fourth-order valence-electron chi connectivity index (χ4n) is 1.54. The Labute approximate surface area is 91.1 Å². The van der Waals surface area contributed by atoms with Gasteiger partial charge in [-0.15, -0.1) is 0 Å². The maximum atomic E-state index is 8.79. The van der Waals surface area contributed by atoms with Crippen LogP contribution in [0.15, 0.2) is 24.3 Å². The Hall–Kier alpha value is -1.69. The Morgan fingerprint density at radius 3 is 2.67 bits per heavy atom. The largest absolute Gasteiger partial charge is 0.397 e. The van der Waals surface area contributed by atoms with Crippen molar-refractivity contribution in [1.29, 1.82) is 5.26 Å². The van der Waals surface area contributed by atoms with Gasteiger partial charge < -0.3 is 10.6 Å². The first-order chi connectivity index (χ1) is 7.19. The SMILES string of the molecule is CCN(CC(C)C#N)c1ccccc1N. The van der Waals surface area contributed by atoms with E-state index in [1.165, 1.54) is 0 Å². The van der Waals surface area contributed by atoms with Crippen LogP contribution in [0.4, 0.5) is 11.4 Å². The highest BCUT2D eigenvalue weighted by molar-refractivity contribution is 5.67. The molecule has 3 nitrogen and oxygen atoms in total. The van der Waals surface area contributed by atoms with E-state index in [9.17, 15) is 0 Å². The highest BCUT2D eigenvalue weighted by Gasteiger charge is 2.10. The maximum absolute atomic E-state index is 8.79. The highest BCUT2D eigenvalue weighted by Crippen LogP contribution is 2.22. The molecule has 0 bridgehead atoms. The van der Waals surface area contributed by atoms with E-state index in [2.05, 4.69) is 17.9 Å². The molecule has 0 spiro atoms. The molecule has 0 aliphatic heterocycles. The summed E-state index contributed by atoms with van der Waals surface area (Å²) in [5.74, 6) is 0.0181. The van der Waals surface area contributed by atoms with Gasteiger partial charge in [-0.2, -0.15) is 5.26 Å². The topological polar surface area (TPSA) is 53.0 Å². The van der Waals surface area contributed by atoms with E-state index in [1.807, 2.05) is 31.2 Å². The van der Waals surface area contributed by atoms with E-state index < -0.39 is 0 Å². The summed E-state index contributed by atoms with van der Waals surface area (Å²) >= 11 is 0. The number of nitrogen functional groups attached to an aromatic ring is 1. The predicted octanol–water partition coefficient (Wildman–Crippen LogP) is 2.25. The molecule has 1 atom stereocenters. The van der Waals surface area contributed by atoms with Crippen molar-refractivity contribution in [3.8, 4) is 6.07 Å². The van der Waals surface area contributed by atoms with Crippen LogP contribution in [-0.4, -0.2) is 13.1 Å². The van der Waals surface area contributed by atoms with Crippen LogP contribution in [0.25, 0.3) is 0 Å². The molecule has 1 aromatic carbocycles. The number of hydrogen-bond donors (Lipinski definition) is 1. The summed E-state index contributed by atoms with van der Waals surface area (Å²) in [6.07, 6.45) is 0. The van der Waals surface area contributed by atoms with Crippen LogP contribution < -0.4 is 10.6 Å². The van der Waals surface area contributed by atoms with E-state index in [1.54, 1.807) is 0 Å². The van der Waals surface area contributed by atoms with Crippen molar-refractivity contribution >= 4 is 11.4 Å². The molecule has 0 saturated heterocycles. The molecule has 0 fully saturated rings. The predicted molar refractivity (Wildman–Crippen MR) is 63.5 cm³/mol. The fourth-order valence-corrected chi connectivity index (χ4v) is 1.54. The van der Waals surface area contributed by atoms with Gasteiger partial charge in [-0.3, -0.25) is 0 Å². The van der Waals surface area contributed by atoms with Gasteiger partial charge >= 0.3 is 0 Å². The Balaban J connectivity index is 2.84. The van der Waals surface area contributed by atoms with Crippen molar-refractivity contribution in [3.05, 3.63) is 24.3 Å². The molecule has 0 amide bonds. The van der Waals surface area contributed by atoms with Crippen molar-refractivity contribution in [2.24, 2.45) is 5.92 Å². The Morgan fingerprint density at radius 2 is 2.13 bits per heavy atom. The molecule has 15 heavy (non-hydrogen) atoms. The summed E-state index contributed by atoms with van der Waals surface area (Å²) in [5, 5.41) is 8.79. The summed E-state index contributed by atoms with van der Waals surface area (Å²) < 4.78 is 0. The first kappa shape index (κ1) is 11.4. The maximum Gasteiger partial charge on any atom is 0.0671 e. The second-order valence-corrected chi connectivity index (χ2v) is 3.63. The van der Waals surface area contributed by atoms with Gasteiger partial charge in [0.15, 0.2) is 0 Å². The number of anilines is 2. The minimum atomic E-state index is 0.0181. The highest BCUT2D eigenvalue weighted by atomic mass is 15.1. The lowest BCUT2D eigenvalue weighted by Crippen LogP contribution is -2.28. The first-order valence-corrected chi connectivity index (χ1v) is 5.18. The fraction of sp³-hybridized carbons (Fsp3) is 0.417. The minimum absolute atomic E-state index is 0.0181. The third-order valence-electron chi connectivity index (χ3n) is 2.37. The van der Waals surface area contributed by atoms with Gasteiger partial charge in [-0.25, -0.2) is 0 Å². The summed E-state index contributed by atoms with van der Waals surface area (Å²) in [6, 6.07) is 9.99. The third-order valence-corrected chi connectivity index (χ3v) is 2.37. The lowest BCUT2D eigenvalue weighted by atomic mass is 10.1. The standard InChI is InChI=1S/C12H17N3/c1-3-15(9-10(2)8-13)12-7-5-4-6-11(12)14/h4-7,10H,3,9,14H2,1-2H3. The number of nitriles is 1. The average molecular weight is 203 g/mol. The van der Waals surface area contributed by atoms with Gasteiger partial charge in [0.05, 0.1) is 23.4 Å². The van der Waals surface area contributed by atoms with Crippen LogP contribution in [0.3, 0.4) is 0 Å². The van der Waals surface area contributed by atoms with E-state index in [0.717, 1.165) is 24.5 Å². The molecule has 3 heteroatoms. The molecule has 0 saturated carbocycles. The number of hydrogen-bond acceptors (Lipinski definition) is 3. The number of nitrogens with zero attached hydrogens (tertiary/aromatic N) is 2. The number of rotatable bonds is 4. The van der Waals surface area contributed by atoms with Crippen molar-refractivity contribution in [3.63, 3.8) is 0 Å². The van der Waals surface area contributed by atoms with Crippen molar-refractivity contribution in [2.75, 3.05) is 23.7 Å². The smallest absolute Gasteiger partial charge is 0.0671 e. The molecule has 0 heterocycles. The van der Waals surface area contributed by atoms with Gasteiger partial charge in [0.25, 0.3) is 0 Å².